The molecule has 4 heteroatoms. The first-order chi connectivity index (χ1) is 19.7. The molecule has 9 rings (SSSR count). The van der Waals surface area contributed by atoms with Crippen LogP contribution in [-0.4, -0.2) is 10.7 Å². The lowest BCUT2D eigenvalue weighted by Gasteiger charge is -2.14. The first-order valence-corrected chi connectivity index (χ1v) is 14.4. The van der Waals surface area contributed by atoms with Crippen molar-refractivity contribution in [2.24, 2.45) is 0 Å². The number of hydrogen-bond acceptors (Lipinski definition) is 2. The molecule has 0 radical (unpaired) electrons. The number of furan rings is 1. The highest BCUT2D eigenvalue weighted by Gasteiger charge is 2.31. The maximum Gasteiger partial charge on any atom is 0.159 e. The number of ether oxygens (including phenoxy) is 1. The van der Waals surface area contributed by atoms with E-state index < -0.39 is 0 Å². The molecule has 0 saturated carbocycles. The second kappa shape index (κ2) is 8.23. The van der Waals surface area contributed by atoms with Crippen LogP contribution < -0.4 is 4.74 Å². The van der Waals surface area contributed by atoms with Gasteiger partial charge in [-0.15, -0.1) is 0 Å². The van der Waals surface area contributed by atoms with E-state index in [0.29, 0.717) is 0 Å². The Hall–Kier alpha value is -4.54. The van der Waals surface area contributed by atoms with Crippen LogP contribution in [-0.2, 0) is 0 Å². The molecule has 1 atom stereocenters. The summed E-state index contributed by atoms with van der Waals surface area (Å²) in [7, 11) is 0. The molecule has 0 bridgehead atoms. The van der Waals surface area contributed by atoms with Crippen LogP contribution >= 0.6 is 15.9 Å². The van der Waals surface area contributed by atoms with E-state index in [1.54, 1.807) is 0 Å². The fourth-order valence-corrected chi connectivity index (χ4v) is 7.22. The van der Waals surface area contributed by atoms with E-state index in [1.165, 1.54) is 33.0 Å². The molecule has 1 unspecified atom stereocenters. The zero-order valence-electron chi connectivity index (χ0n) is 21.4. The highest BCUT2D eigenvalue weighted by molar-refractivity contribution is 9.12. The standard InChI is InChI=1S/C36H22BrNO2/c37-28-10-6-14-34-35(28)27-20-22(16-18-33(27)39-34)21-15-17-30-26(19-21)23-7-1-3-11-29(23)38(30)31-12-5-9-25-24-8-2-4-13-32(24)40-36(25)31/h1-13,15-20,34H,14H2. The summed E-state index contributed by atoms with van der Waals surface area (Å²) in [6, 6.07) is 36.7. The van der Waals surface area contributed by atoms with Gasteiger partial charge in [-0.05, 0) is 53.6 Å². The summed E-state index contributed by atoms with van der Waals surface area (Å²) in [4.78, 5) is 0. The largest absolute Gasteiger partial charge is 0.485 e. The predicted octanol–water partition coefficient (Wildman–Crippen LogP) is 10.2. The molecule has 0 saturated heterocycles. The molecule has 0 spiro atoms. The maximum absolute atomic E-state index is 6.45. The fourth-order valence-electron chi connectivity index (χ4n) is 6.56. The summed E-state index contributed by atoms with van der Waals surface area (Å²) >= 11 is 3.76. The molecular weight excluding hydrogens is 558 g/mol. The number of fused-ring (bicyclic) bond motifs is 9. The Morgan fingerprint density at radius 2 is 1.48 bits per heavy atom. The van der Waals surface area contributed by atoms with Gasteiger partial charge < -0.3 is 13.7 Å². The molecule has 5 aromatic carbocycles. The fraction of sp³-hybridized carbons (Fsp3) is 0.0556. The molecule has 1 aliphatic carbocycles. The molecule has 190 valence electrons. The lowest BCUT2D eigenvalue weighted by molar-refractivity contribution is 0.279. The molecule has 3 nitrogen and oxygen atoms in total. The van der Waals surface area contributed by atoms with Crippen molar-refractivity contribution in [2.45, 2.75) is 12.5 Å². The predicted molar refractivity (Wildman–Crippen MR) is 168 cm³/mol. The normalized spacial score (nSPS) is 16.3. The van der Waals surface area contributed by atoms with E-state index in [-0.39, 0.29) is 6.10 Å². The van der Waals surface area contributed by atoms with Crippen molar-refractivity contribution in [2.75, 3.05) is 0 Å². The molecule has 3 heterocycles. The number of allylic oxidation sites excluding steroid dienone is 2. The number of aromatic nitrogens is 1. The van der Waals surface area contributed by atoms with Crippen molar-refractivity contribution in [3.05, 3.63) is 125 Å². The Bertz CT molecular complexity index is 2250. The summed E-state index contributed by atoms with van der Waals surface area (Å²) in [6.45, 7) is 0. The van der Waals surface area contributed by atoms with Crippen molar-refractivity contribution < 1.29 is 9.15 Å². The minimum absolute atomic E-state index is 0.0889. The third kappa shape index (κ3) is 3.05. The highest BCUT2D eigenvalue weighted by atomic mass is 79.9. The smallest absolute Gasteiger partial charge is 0.159 e. The van der Waals surface area contributed by atoms with E-state index in [4.69, 9.17) is 9.15 Å². The second-order valence-electron chi connectivity index (χ2n) is 10.6. The van der Waals surface area contributed by atoms with Crippen molar-refractivity contribution in [1.82, 2.24) is 4.57 Å². The first kappa shape index (κ1) is 22.3. The van der Waals surface area contributed by atoms with Crippen LogP contribution in [0.1, 0.15) is 12.0 Å². The second-order valence-corrected chi connectivity index (χ2v) is 11.4. The van der Waals surface area contributed by atoms with Crippen molar-refractivity contribution >= 4 is 65.2 Å². The van der Waals surface area contributed by atoms with Crippen LogP contribution in [0.2, 0.25) is 0 Å². The van der Waals surface area contributed by atoms with Gasteiger partial charge in [0.2, 0.25) is 0 Å². The molecule has 0 amide bonds. The summed E-state index contributed by atoms with van der Waals surface area (Å²) < 4.78 is 16.2. The number of halogens is 1. The molecular formula is C36H22BrNO2. The molecule has 2 aromatic heterocycles. The van der Waals surface area contributed by atoms with Gasteiger partial charge in [0, 0.05) is 43.6 Å². The Labute approximate surface area is 238 Å². The first-order valence-electron chi connectivity index (χ1n) is 13.6. The van der Waals surface area contributed by atoms with Crippen LogP contribution in [0.4, 0.5) is 0 Å². The van der Waals surface area contributed by atoms with Gasteiger partial charge in [-0.1, -0.05) is 88.7 Å². The van der Waals surface area contributed by atoms with Crippen LogP contribution in [0.25, 0.3) is 66.1 Å². The third-order valence-electron chi connectivity index (χ3n) is 8.36. The van der Waals surface area contributed by atoms with Crippen LogP contribution in [0, 0.1) is 0 Å². The minimum Gasteiger partial charge on any atom is -0.485 e. The molecule has 0 fully saturated rings. The highest BCUT2D eigenvalue weighted by Crippen LogP contribution is 2.46. The van der Waals surface area contributed by atoms with E-state index in [9.17, 15) is 0 Å². The van der Waals surface area contributed by atoms with E-state index in [1.807, 2.05) is 12.1 Å². The summed E-state index contributed by atoms with van der Waals surface area (Å²) in [5, 5.41) is 4.71. The van der Waals surface area contributed by atoms with Gasteiger partial charge in [0.15, 0.2) is 5.58 Å². The SMILES string of the molecule is BrC1=C2c3cc(-c4ccc5c(c4)c4ccccc4n5-c4cccc5c4oc4ccccc45)ccc3OC2CC=C1. The lowest BCUT2D eigenvalue weighted by Crippen LogP contribution is -2.13. The van der Waals surface area contributed by atoms with Gasteiger partial charge in [-0.3, -0.25) is 0 Å². The summed E-state index contributed by atoms with van der Waals surface area (Å²) in [5.74, 6) is 0.959. The Balaban J connectivity index is 1.27. The van der Waals surface area contributed by atoms with Crippen molar-refractivity contribution in [3.8, 4) is 22.6 Å². The van der Waals surface area contributed by atoms with E-state index in [2.05, 4.69) is 124 Å². The zero-order chi connectivity index (χ0) is 26.4. The Morgan fingerprint density at radius 1 is 0.700 bits per heavy atom. The van der Waals surface area contributed by atoms with Gasteiger partial charge in [0.1, 0.15) is 17.4 Å². The quantitative estimate of drug-likeness (QED) is 0.204. The molecule has 2 aliphatic rings. The average molecular weight is 580 g/mol. The number of para-hydroxylation sites is 3. The van der Waals surface area contributed by atoms with Gasteiger partial charge in [0.05, 0.1) is 16.7 Å². The molecule has 0 N–H and O–H groups in total. The van der Waals surface area contributed by atoms with Crippen LogP contribution in [0.3, 0.4) is 0 Å². The maximum atomic E-state index is 6.45. The lowest BCUT2D eigenvalue weighted by atomic mass is 9.93. The Morgan fingerprint density at radius 3 is 2.42 bits per heavy atom. The minimum atomic E-state index is 0.0889. The molecule has 1 aliphatic heterocycles. The Kier molecular flexibility index (Phi) is 4.59. The van der Waals surface area contributed by atoms with Gasteiger partial charge in [0.25, 0.3) is 0 Å². The van der Waals surface area contributed by atoms with Crippen LogP contribution in [0.5, 0.6) is 5.75 Å². The van der Waals surface area contributed by atoms with Gasteiger partial charge in [-0.2, -0.15) is 0 Å². The molecule has 7 aromatic rings. The van der Waals surface area contributed by atoms with E-state index in [0.717, 1.165) is 55.3 Å². The number of rotatable bonds is 2. The van der Waals surface area contributed by atoms with Gasteiger partial charge in [-0.25, -0.2) is 0 Å². The summed E-state index contributed by atoms with van der Waals surface area (Å²) in [6.07, 6.45) is 5.30. The zero-order valence-corrected chi connectivity index (χ0v) is 23.0. The summed E-state index contributed by atoms with van der Waals surface area (Å²) in [5.41, 5.74) is 9.98. The van der Waals surface area contributed by atoms with E-state index >= 15 is 0 Å². The van der Waals surface area contributed by atoms with Crippen molar-refractivity contribution in [1.29, 1.82) is 0 Å². The number of benzene rings is 5. The topological polar surface area (TPSA) is 27.3 Å². The molecule has 40 heavy (non-hydrogen) atoms. The number of hydrogen-bond donors (Lipinski definition) is 0. The van der Waals surface area contributed by atoms with Crippen molar-refractivity contribution in [3.63, 3.8) is 0 Å². The monoisotopic (exact) mass is 579 g/mol. The van der Waals surface area contributed by atoms with Crippen LogP contribution in [0.15, 0.2) is 124 Å². The average Bonchev–Trinajstić information content (AvgIpc) is 3.66. The number of nitrogens with zero attached hydrogens (tertiary/aromatic N) is 1. The third-order valence-corrected chi connectivity index (χ3v) is 9.05. The van der Waals surface area contributed by atoms with Gasteiger partial charge >= 0.3 is 0 Å².